The zero-order valence-electron chi connectivity index (χ0n) is 24.6. The Morgan fingerprint density at radius 2 is 1.43 bits per heavy atom. The van der Waals surface area contributed by atoms with E-state index in [1.165, 1.54) is 17.0 Å². The van der Waals surface area contributed by atoms with Gasteiger partial charge in [-0.3, -0.25) is 13.9 Å². The summed E-state index contributed by atoms with van der Waals surface area (Å²) in [7, 11) is -4.16. The van der Waals surface area contributed by atoms with Crippen molar-refractivity contribution in [3.8, 4) is 0 Å². The molecule has 0 fully saturated rings. The van der Waals surface area contributed by atoms with Gasteiger partial charge in [-0.25, -0.2) is 8.42 Å². The van der Waals surface area contributed by atoms with Crippen molar-refractivity contribution in [3.63, 3.8) is 0 Å². The zero-order valence-corrected chi connectivity index (χ0v) is 27.7. The second kappa shape index (κ2) is 15.4. The minimum Gasteiger partial charge on any atom is -0.354 e. The lowest BCUT2D eigenvalue weighted by molar-refractivity contribution is -0.140. The number of nitrogens with zero attached hydrogens (tertiary/aromatic N) is 2. The summed E-state index contributed by atoms with van der Waals surface area (Å²) in [5.41, 5.74) is 1.81. The molecule has 44 heavy (non-hydrogen) atoms. The number of anilines is 1. The fraction of sp³-hybridized carbons (Fsp3) is 0.235. The van der Waals surface area contributed by atoms with Gasteiger partial charge in [-0.1, -0.05) is 108 Å². The number of sulfonamides is 1. The highest BCUT2D eigenvalue weighted by Crippen LogP contribution is 2.27. The Morgan fingerprint density at radius 3 is 2.05 bits per heavy atom. The molecular formula is C34H35BrClN3O4S. The lowest BCUT2D eigenvalue weighted by atomic mass is 10.0. The van der Waals surface area contributed by atoms with Crippen LogP contribution >= 0.6 is 27.5 Å². The number of benzene rings is 4. The van der Waals surface area contributed by atoms with Gasteiger partial charge in [-0.05, 0) is 59.5 Å². The smallest absolute Gasteiger partial charge is 0.264 e. The molecule has 0 aliphatic carbocycles. The lowest BCUT2D eigenvalue weighted by Gasteiger charge is -2.34. The third-order valence-corrected chi connectivity index (χ3v) is 9.66. The molecule has 230 valence electrons. The van der Waals surface area contributed by atoms with Crippen molar-refractivity contribution in [2.45, 2.75) is 37.8 Å². The topological polar surface area (TPSA) is 86.8 Å². The van der Waals surface area contributed by atoms with Gasteiger partial charge in [0.15, 0.2) is 0 Å². The molecule has 0 heterocycles. The van der Waals surface area contributed by atoms with Gasteiger partial charge in [0.1, 0.15) is 12.6 Å². The Kier molecular flexibility index (Phi) is 11.6. The Morgan fingerprint density at radius 1 is 0.841 bits per heavy atom. The van der Waals surface area contributed by atoms with Gasteiger partial charge in [-0.2, -0.15) is 0 Å². The summed E-state index contributed by atoms with van der Waals surface area (Å²) in [6.07, 6.45) is 0.227. The highest BCUT2D eigenvalue weighted by molar-refractivity contribution is 9.10. The summed E-state index contributed by atoms with van der Waals surface area (Å²) in [5, 5.41) is 3.42. The summed E-state index contributed by atoms with van der Waals surface area (Å²) in [6.45, 7) is 3.87. The van der Waals surface area contributed by atoms with E-state index in [4.69, 9.17) is 11.6 Å². The molecular weight excluding hydrogens is 662 g/mol. The number of carbonyl (C=O) groups is 2. The van der Waals surface area contributed by atoms with Crippen LogP contribution in [0.4, 0.5) is 5.69 Å². The second-order valence-corrected chi connectivity index (χ2v) is 13.9. The maximum absolute atomic E-state index is 14.4. The van der Waals surface area contributed by atoms with Crippen molar-refractivity contribution in [3.05, 3.63) is 130 Å². The molecule has 0 saturated carbocycles. The van der Waals surface area contributed by atoms with Crippen LogP contribution in [0.5, 0.6) is 0 Å². The van der Waals surface area contributed by atoms with E-state index in [1.54, 1.807) is 60.7 Å². The third-order valence-electron chi connectivity index (χ3n) is 6.98. The molecule has 0 bridgehead atoms. The first kappa shape index (κ1) is 33.2. The van der Waals surface area contributed by atoms with E-state index < -0.39 is 28.5 Å². The number of nitrogens with one attached hydrogen (secondary N) is 1. The van der Waals surface area contributed by atoms with E-state index in [1.807, 2.05) is 50.2 Å². The van der Waals surface area contributed by atoms with Crippen LogP contribution in [0.25, 0.3) is 0 Å². The van der Waals surface area contributed by atoms with Crippen LogP contribution in [0.15, 0.2) is 119 Å². The van der Waals surface area contributed by atoms with Crippen molar-refractivity contribution < 1.29 is 18.0 Å². The number of carbonyl (C=O) groups excluding carboxylic acids is 2. The minimum atomic E-state index is -4.16. The van der Waals surface area contributed by atoms with Crippen LogP contribution < -0.4 is 9.62 Å². The fourth-order valence-corrected chi connectivity index (χ4v) is 6.54. The molecule has 10 heteroatoms. The van der Waals surface area contributed by atoms with E-state index in [-0.39, 0.29) is 29.7 Å². The summed E-state index contributed by atoms with van der Waals surface area (Å²) in [4.78, 5) is 29.7. The minimum absolute atomic E-state index is 0.00463. The molecule has 0 radical (unpaired) electrons. The molecule has 0 aromatic heterocycles. The SMILES string of the molecule is CC(C)CNC(=O)[C@@H](Cc1ccccc1)N(Cc1ccccc1Cl)C(=O)CN(c1ccc(Br)cc1)S(=O)(=O)c1ccccc1. The van der Waals surface area contributed by atoms with Gasteiger partial charge in [-0.15, -0.1) is 0 Å². The quantitative estimate of drug-likeness (QED) is 0.168. The van der Waals surface area contributed by atoms with Crippen LogP contribution in [-0.4, -0.2) is 44.3 Å². The average Bonchev–Trinajstić information content (AvgIpc) is 3.02. The monoisotopic (exact) mass is 695 g/mol. The number of hydrogen-bond acceptors (Lipinski definition) is 4. The molecule has 7 nitrogen and oxygen atoms in total. The average molecular weight is 697 g/mol. The fourth-order valence-electron chi connectivity index (χ4n) is 4.64. The lowest BCUT2D eigenvalue weighted by Crippen LogP contribution is -2.53. The Labute approximate surface area is 273 Å². The maximum atomic E-state index is 14.4. The van der Waals surface area contributed by atoms with Gasteiger partial charge in [0.25, 0.3) is 10.0 Å². The van der Waals surface area contributed by atoms with Crippen molar-refractivity contribution in [2.75, 3.05) is 17.4 Å². The molecule has 4 aromatic rings. The van der Waals surface area contributed by atoms with Crippen LogP contribution in [0.2, 0.25) is 5.02 Å². The normalized spacial score (nSPS) is 12.0. The number of amides is 2. The van der Waals surface area contributed by atoms with Crippen LogP contribution in [0.1, 0.15) is 25.0 Å². The molecule has 0 aliphatic rings. The van der Waals surface area contributed by atoms with E-state index in [9.17, 15) is 18.0 Å². The van der Waals surface area contributed by atoms with E-state index in [0.717, 1.165) is 14.3 Å². The van der Waals surface area contributed by atoms with E-state index >= 15 is 0 Å². The molecule has 0 aliphatic heterocycles. The summed E-state index contributed by atoms with van der Waals surface area (Å²) >= 11 is 9.94. The van der Waals surface area contributed by atoms with Gasteiger partial charge in [0.05, 0.1) is 10.6 Å². The molecule has 1 N–H and O–H groups in total. The van der Waals surface area contributed by atoms with Gasteiger partial charge in [0, 0.05) is 29.0 Å². The molecule has 0 unspecified atom stereocenters. The van der Waals surface area contributed by atoms with E-state index in [0.29, 0.717) is 22.8 Å². The van der Waals surface area contributed by atoms with Gasteiger partial charge in [0.2, 0.25) is 11.8 Å². The predicted molar refractivity (Wildman–Crippen MR) is 179 cm³/mol. The van der Waals surface area contributed by atoms with Crippen LogP contribution in [0, 0.1) is 5.92 Å². The van der Waals surface area contributed by atoms with Gasteiger partial charge < -0.3 is 10.2 Å². The number of rotatable bonds is 13. The molecule has 1 atom stereocenters. The predicted octanol–water partition coefficient (Wildman–Crippen LogP) is 6.71. The van der Waals surface area contributed by atoms with Crippen LogP contribution in [0.3, 0.4) is 0 Å². The van der Waals surface area contributed by atoms with Gasteiger partial charge >= 0.3 is 0 Å². The molecule has 2 amide bonds. The molecule has 0 saturated heterocycles. The Balaban J connectivity index is 1.79. The first-order valence-electron chi connectivity index (χ1n) is 14.2. The number of halogens is 2. The second-order valence-electron chi connectivity index (χ2n) is 10.8. The molecule has 4 rings (SSSR count). The molecule has 4 aromatic carbocycles. The summed E-state index contributed by atoms with van der Waals surface area (Å²) < 4.78 is 29.9. The highest BCUT2D eigenvalue weighted by atomic mass is 79.9. The standard InChI is InChI=1S/C34H35BrClN3O4S/c1-25(2)22-37-34(41)32(21-26-11-5-3-6-12-26)38(23-27-13-9-10-16-31(27)36)33(40)24-39(29-19-17-28(35)18-20-29)44(42,43)30-14-7-4-8-15-30/h3-20,25,32H,21-24H2,1-2H3,(H,37,41)/t32-/m1/s1. The Hall–Kier alpha value is -3.66. The van der Waals surface area contributed by atoms with Crippen molar-refractivity contribution in [2.24, 2.45) is 5.92 Å². The van der Waals surface area contributed by atoms with E-state index in [2.05, 4.69) is 21.2 Å². The first-order chi connectivity index (χ1) is 21.1. The van der Waals surface area contributed by atoms with Crippen molar-refractivity contribution in [1.29, 1.82) is 0 Å². The Bertz CT molecular complexity index is 1650. The van der Waals surface area contributed by atoms with Crippen molar-refractivity contribution >= 4 is 55.1 Å². The first-order valence-corrected chi connectivity index (χ1v) is 16.8. The summed E-state index contributed by atoms with van der Waals surface area (Å²) in [5.74, 6) is -0.690. The number of hydrogen-bond donors (Lipinski definition) is 1. The molecule has 0 spiro atoms. The highest BCUT2D eigenvalue weighted by Gasteiger charge is 2.34. The largest absolute Gasteiger partial charge is 0.354 e. The van der Waals surface area contributed by atoms with Crippen LogP contribution in [-0.2, 0) is 32.6 Å². The third kappa shape index (κ3) is 8.71. The summed E-state index contributed by atoms with van der Waals surface area (Å²) in [6, 6.07) is 30.3. The maximum Gasteiger partial charge on any atom is 0.264 e. The zero-order chi connectivity index (χ0) is 31.7. The van der Waals surface area contributed by atoms with Crippen molar-refractivity contribution in [1.82, 2.24) is 10.2 Å².